The van der Waals surface area contributed by atoms with Crippen LogP contribution in [0, 0.1) is 0 Å². The van der Waals surface area contributed by atoms with Crippen LogP contribution < -0.4 is 9.47 Å². The minimum Gasteiger partial charge on any atom is -0.497 e. The first kappa shape index (κ1) is 24.5. The number of carbonyl (C=O) groups is 2. The molecule has 0 spiro atoms. The van der Waals surface area contributed by atoms with Crippen LogP contribution in [0.5, 0.6) is 11.5 Å². The average molecular weight is 498 g/mol. The van der Waals surface area contributed by atoms with Crippen LogP contribution in [-0.2, 0) is 9.53 Å². The van der Waals surface area contributed by atoms with Crippen LogP contribution in [0.1, 0.15) is 33.5 Å². The standard InChI is InChI=1S/C25H27N3O6S/c1-31-12-10-27(25(30)22-6-4-11-34-22)16-24(29)28-20(15-19(26-28)23-7-5-13-35-23)18-14-17(32-2)8-9-21(18)33-3/h4-9,11,13-14,20H,10,12,15-16H2,1-3H3/t20-/m0/s1. The van der Waals surface area contributed by atoms with Gasteiger partial charge in [-0.1, -0.05) is 6.07 Å². The van der Waals surface area contributed by atoms with E-state index in [4.69, 9.17) is 23.7 Å². The predicted molar refractivity (Wildman–Crippen MR) is 131 cm³/mol. The van der Waals surface area contributed by atoms with E-state index < -0.39 is 11.9 Å². The van der Waals surface area contributed by atoms with Gasteiger partial charge in [0.05, 0.1) is 43.7 Å². The minimum absolute atomic E-state index is 0.157. The third kappa shape index (κ3) is 5.39. The van der Waals surface area contributed by atoms with E-state index in [9.17, 15) is 9.59 Å². The third-order valence-corrected chi connectivity index (χ3v) is 6.60. The molecular weight excluding hydrogens is 470 g/mol. The van der Waals surface area contributed by atoms with Gasteiger partial charge in [-0.15, -0.1) is 11.3 Å². The Balaban J connectivity index is 1.66. The number of carbonyl (C=O) groups excluding carboxylic acids is 2. The van der Waals surface area contributed by atoms with Gasteiger partial charge in [0.25, 0.3) is 11.8 Å². The Morgan fingerprint density at radius 3 is 2.69 bits per heavy atom. The Morgan fingerprint density at radius 2 is 2.03 bits per heavy atom. The van der Waals surface area contributed by atoms with Gasteiger partial charge in [-0.2, -0.15) is 5.10 Å². The Morgan fingerprint density at radius 1 is 1.17 bits per heavy atom. The number of hydrogen-bond donors (Lipinski definition) is 0. The highest BCUT2D eigenvalue weighted by Crippen LogP contribution is 2.39. The van der Waals surface area contributed by atoms with Gasteiger partial charge < -0.3 is 23.5 Å². The fourth-order valence-corrected chi connectivity index (χ4v) is 4.64. The molecule has 9 nitrogen and oxygen atoms in total. The van der Waals surface area contributed by atoms with Crippen molar-refractivity contribution in [2.24, 2.45) is 5.10 Å². The molecule has 1 atom stereocenters. The molecular formula is C25H27N3O6S. The zero-order valence-electron chi connectivity index (χ0n) is 19.8. The third-order valence-electron chi connectivity index (χ3n) is 5.68. The van der Waals surface area contributed by atoms with Crippen LogP contribution in [-0.4, -0.2) is 68.5 Å². The lowest BCUT2D eigenvalue weighted by Gasteiger charge is -2.27. The first-order valence-corrected chi connectivity index (χ1v) is 11.9. The van der Waals surface area contributed by atoms with Crippen molar-refractivity contribution in [1.29, 1.82) is 0 Å². The second kappa shape index (κ2) is 11.2. The van der Waals surface area contributed by atoms with Gasteiger partial charge in [0, 0.05) is 25.6 Å². The highest BCUT2D eigenvalue weighted by Gasteiger charge is 2.36. The SMILES string of the molecule is COCCN(CC(=O)N1N=C(c2cccs2)C[C@H]1c1cc(OC)ccc1OC)C(=O)c1ccco1. The highest BCUT2D eigenvalue weighted by atomic mass is 32.1. The quantitative estimate of drug-likeness (QED) is 0.423. The van der Waals surface area contributed by atoms with Crippen molar-refractivity contribution in [2.45, 2.75) is 12.5 Å². The summed E-state index contributed by atoms with van der Waals surface area (Å²) in [5.74, 6) is 0.704. The fraction of sp³-hybridized carbons (Fsp3) is 0.320. The molecule has 184 valence electrons. The molecule has 35 heavy (non-hydrogen) atoms. The largest absolute Gasteiger partial charge is 0.497 e. The predicted octanol–water partition coefficient (Wildman–Crippen LogP) is 3.82. The molecule has 2 amide bonds. The molecule has 0 unspecified atom stereocenters. The molecule has 1 aromatic carbocycles. The summed E-state index contributed by atoms with van der Waals surface area (Å²) in [5.41, 5.74) is 1.57. The lowest BCUT2D eigenvalue weighted by atomic mass is 9.99. The van der Waals surface area contributed by atoms with Crippen molar-refractivity contribution >= 4 is 28.9 Å². The van der Waals surface area contributed by atoms with Crippen LogP contribution in [0.15, 0.2) is 63.6 Å². The van der Waals surface area contributed by atoms with Crippen molar-refractivity contribution in [2.75, 3.05) is 41.0 Å². The summed E-state index contributed by atoms with van der Waals surface area (Å²) in [6.45, 7) is 0.313. The topological polar surface area (TPSA) is 93.8 Å². The Kier molecular flexibility index (Phi) is 7.84. The molecule has 0 N–H and O–H groups in total. The summed E-state index contributed by atoms with van der Waals surface area (Å²) in [6, 6.07) is 12.2. The molecule has 0 aliphatic carbocycles. The molecule has 0 saturated heterocycles. The van der Waals surface area contributed by atoms with E-state index in [1.807, 2.05) is 29.6 Å². The van der Waals surface area contributed by atoms with E-state index in [2.05, 4.69) is 0 Å². The van der Waals surface area contributed by atoms with Crippen LogP contribution >= 0.6 is 11.3 Å². The van der Waals surface area contributed by atoms with Crippen molar-refractivity contribution in [1.82, 2.24) is 9.91 Å². The number of methoxy groups -OCH3 is 3. The van der Waals surface area contributed by atoms with Crippen LogP contribution in [0.4, 0.5) is 0 Å². The lowest BCUT2D eigenvalue weighted by molar-refractivity contribution is -0.133. The average Bonchev–Trinajstić information content (AvgIpc) is 3.67. The zero-order chi connectivity index (χ0) is 24.8. The van der Waals surface area contributed by atoms with Gasteiger partial charge in [0.1, 0.15) is 18.0 Å². The number of furan rings is 1. The summed E-state index contributed by atoms with van der Waals surface area (Å²) < 4.78 is 21.4. The van der Waals surface area contributed by atoms with E-state index in [1.54, 1.807) is 50.9 Å². The molecule has 0 radical (unpaired) electrons. The molecule has 2 aromatic heterocycles. The van der Waals surface area contributed by atoms with Gasteiger partial charge in [0.2, 0.25) is 0 Å². The number of ether oxygens (including phenoxy) is 3. The van der Waals surface area contributed by atoms with Crippen molar-refractivity contribution in [3.8, 4) is 11.5 Å². The summed E-state index contributed by atoms with van der Waals surface area (Å²) in [6.07, 6.45) is 1.92. The molecule has 3 aromatic rings. The van der Waals surface area contributed by atoms with Crippen LogP contribution in [0.3, 0.4) is 0 Å². The summed E-state index contributed by atoms with van der Waals surface area (Å²) in [4.78, 5) is 29.0. The smallest absolute Gasteiger partial charge is 0.290 e. The highest BCUT2D eigenvalue weighted by molar-refractivity contribution is 7.12. The maximum Gasteiger partial charge on any atom is 0.290 e. The number of thiophene rings is 1. The number of amides is 2. The van der Waals surface area contributed by atoms with Crippen LogP contribution in [0.25, 0.3) is 0 Å². The van der Waals surface area contributed by atoms with Gasteiger partial charge >= 0.3 is 0 Å². The second-order valence-electron chi connectivity index (χ2n) is 7.79. The molecule has 0 bridgehead atoms. The summed E-state index contributed by atoms with van der Waals surface area (Å²) in [5, 5.41) is 8.11. The Bertz CT molecular complexity index is 1180. The minimum atomic E-state index is -0.423. The normalized spacial score (nSPS) is 15.1. The molecule has 0 fully saturated rings. The van der Waals surface area contributed by atoms with Crippen molar-refractivity contribution in [3.63, 3.8) is 0 Å². The van der Waals surface area contributed by atoms with E-state index in [-0.39, 0.29) is 31.4 Å². The van der Waals surface area contributed by atoms with Crippen molar-refractivity contribution < 1.29 is 28.2 Å². The maximum absolute atomic E-state index is 13.6. The number of rotatable bonds is 10. The first-order chi connectivity index (χ1) is 17.0. The van der Waals surface area contributed by atoms with Gasteiger partial charge in [0.15, 0.2) is 5.76 Å². The van der Waals surface area contributed by atoms with E-state index in [0.717, 1.165) is 16.2 Å². The van der Waals surface area contributed by atoms with E-state index in [1.165, 1.54) is 16.2 Å². The molecule has 4 rings (SSSR count). The van der Waals surface area contributed by atoms with Crippen LogP contribution in [0.2, 0.25) is 0 Å². The monoisotopic (exact) mass is 497 g/mol. The number of hydrazone groups is 1. The summed E-state index contributed by atoms with van der Waals surface area (Å²) >= 11 is 1.56. The van der Waals surface area contributed by atoms with Gasteiger partial charge in [-0.05, 0) is 41.8 Å². The van der Waals surface area contributed by atoms with Crippen molar-refractivity contribution in [3.05, 3.63) is 70.3 Å². The Labute approximate surface area is 207 Å². The van der Waals surface area contributed by atoms with E-state index in [0.29, 0.717) is 17.9 Å². The molecule has 1 aliphatic rings. The van der Waals surface area contributed by atoms with E-state index >= 15 is 0 Å². The molecule has 0 saturated carbocycles. The first-order valence-electron chi connectivity index (χ1n) is 11.0. The lowest BCUT2D eigenvalue weighted by Crippen LogP contribution is -2.42. The number of benzene rings is 1. The number of hydrogen-bond acceptors (Lipinski definition) is 8. The maximum atomic E-state index is 13.6. The zero-order valence-corrected chi connectivity index (χ0v) is 20.6. The summed E-state index contributed by atoms with van der Waals surface area (Å²) in [7, 11) is 4.72. The Hall–Kier alpha value is -3.63. The molecule has 10 heteroatoms. The molecule has 3 heterocycles. The van der Waals surface area contributed by atoms with Gasteiger partial charge in [-0.3, -0.25) is 9.59 Å². The molecule has 1 aliphatic heterocycles. The van der Waals surface area contributed by atoms with Gasteiger partial charge in [-0.25, -0.2) is 5.01 Å². The fourth-order valence-electron chi connectivity index (χ4n) is 3.92. The second-order valence-corrected chi connectivity index (χ2v) is 8.73. The number of nitrogens with zero attached hydrogens (tertiary/aromatic N) is 3.